The lowest BCUT2D eigenvalue weighted by Gasteiger charge is -2.23. The summed E-state index contributed by atoms with van der Waals surface area (Å²) in [4.78, 5) is 22.7. The molecule has 116 valence electrons. The maximum atomic E-state index is 11.8. The third kappa shape index (κ3) is 7.48. The van der Waals surface area contributed by atoms with E-state index in [2.05, 4.69) is 22.9 Å². The number of hydrogen-bond acceptors (Lipinski definition) is 3. The number of amides is 2. The number of carbonyl (C=O) groups excluding carboxylic acids is 2. The van der Waals surface area contributed by atoms with Crippen molar-refractivity contribution in [3.8, 4) is 0 Å². The van der Waals surface area contributed by atoms with Crippen LogP contribution in [0.1, 0.15) is 58.3 Å². The number of piperazine rings is 1. The molecule has 0 bridgehead atoms. The molecule has 0 saturated carbocycles. The maximum Gasteiger partial charge on any atom is 0.238 e. The third-order valence-electron chi connectivity index (χ3n) is 3.66. The SMILES string of the molecule is CCCCCCCCCCNC(=O)C1CNC(=O)CN1. The minimum atomic E-state index is -0.276. The van der Waals surface area contributed by atoms with Crippen LogP contribution in [0.25, 0.3) is 0 Å². The molecule has 1 unspecified atom stereocenters. The molecular weight excluding hydrogens is 254 g/mol. The van der Waals surface area contributed by atoms with E-state index < -0.39 is 0 Å². The van der Waals surface area contributed by atoms with Crippen LogP contribution in [0.2, 0.25) is 0 Å². The Morgan fingerprint density at radius 3 is 2.40 bits per heavy atom. The van der Waals surface area contributed by atoms with Gasteiger partial charge in [-0.25, -0.2) is 0 Å². The van der Waals surface area contributed by atoms with E-state index in [0.29, 0.717) is 6.54 Å². The Labute approximate surface area is 122 Å². The molecule has 1 aliphatic rings. The van der Waals surface area contributed by atoms with Gasteiger partial charge in [-0.05, 0) is 6.42 Å². The van der Waals surface area contributed by atoms with Crippen LogP contribution in [-0.4, -0.2) is 37.5 Å². The van der Waals surface area contributed by atoms with E-state index in [-0.39, 0.29) is 24.4 Å². The molecule has 1 atom stereocenters. The molecule has 1 fully saturated rings. The summed E-state index contributed by atoms with van der Waals surface area (Å²) in [6.07, 6.45) is 10.1. The van der Waals surface area contributed by atoms with E-state index >= 15 is 0 Å². The number of unbranched alkanes of at least 4 members (excludes halogenated alkanes) is 7. The largest absolute Gasteiger partial charge is 0.355 e. The second-order valence-electron chi connectivity index (χ2n) is 5.50. The first-order chi connectivity index (χ1) is 9.74. The van der Waals surface area contributed by atoms with Crippen molar-refractivity contribution in [2.45, 2.75) is 64.3 Å². The van der Waals surface area contributed by atoms with Crippen LogP contribution in [-0.2, 0) is 9.59 Å². The lowest BCUT2D eigenvalue weighted by molar-refractivity contribution is -0.126. The van der Waals surface area contributed by atoms with Crippen LogP contribution in [0, 0.1) is 0 Å². The second-order valence-corrected chi connectivity index (χ2v) is 5.50. The molecule has 0 radical (unpaired) electrons. The van der Waals surface area contributed by atoms with Crippen LogP contribution >= 0.6 is 0 Å². The molecule has 1 aliphatic heterocycles. The molecule has 20 heavy (non-hydrogen) atoms. The minimum absolute atomic E-state index is 0.00653. The fourth-order valence-electron chi connectivity index (χ4n) is 2.35. The zero-order valence-corrected chi connectivity index (χ0v) is 12.7. The lowest BCUT2D eigenvalue weighted by atomic mass is 10.1. The van der Waals surface area contributed by atoms with E-state index in [1.54, 1.807) is 0 Å². The molecule has 1 rings (SSSR count). The highest BCUT2D eigenvalue weighted by Crippen LogP contribution is 2.07. The quantitative estimate of drug-likeness (QED) is 0.530. The number of carbonyl (C=O) groups is 2. The van der Waals surface area contributed by atoms with Crippen molar-refractivity contribution in [1.29, 1.82) is 0 Å². The number of rotatable bonds is 10. The topological polar surface area (TPSA) is 70.2 Å². The average molecular weight is 283 g/mol. The molecule has 5 nitrogen and oxygen atoms in total. The molecule has 2 amide bonds. The predicted molar refractivity (Wildman–Crippen MR) is 80.4 cm³/mol. The highest BCUT2D eigenvalue weighted by atomic mass is 16.2. The average Bonchev–Trinajstić information content (AvgIpc) is 2.46. The smallest absolute Gasteiger partial charge is 0.238 e. The van der Waals surface area contributed by atoms with Gasteiger partial charge >= 0.3 is 0 Å². The summed E-state index contributed by atoms with van der Waals surface area (Å²) in [7, 11) is 0. The highest BCUT2D eigenvalue weighted by Gasteiger charge is 2.22. The van der Waals surface area contributed by atoms with Crippen LogP contribution in [0.3, 0.4) is 0 Å². The van der Waals surface area contributed by atoms with Gasteiger partial charge in [0, 0.05) is 13.1 Å². The number of hydrogen-bond donors (Lipinski definition) is 3. The lowest BCUT2D eigenvalue weighted by Crippen LogP contribution is -2.58. The molecule has 3 N–H and O–H groups in total. The zero-order valence-electron chi connectivity index (χ0n) is 12.7. The van der Waals surface area contributed by atoms with Gasteiger partial charge in [-0.3, -0.25) is 14.9 Å². The van der Waals surface area contributed by atoms with Crippen molar-refractivity contribution >= 4 is 11.8 Å². The summed E-state index contributed by atoms with van der Waals surface area (Å²) < 4.78 is 0. The maximum absolute atomic E-state index is 11.8. The van der Waals surface area contributed by atoms with Gasteiger partial charge in [-0.2, -0.15) is 0 Å². The molecule has 0 aromatic heterocycles. The van der Waals surface area contributed by atoms with Gasteiger partial charge in [0.25, 0.3) is 0 Å². The van der Waals surface area contributed by atoms with Crippen molar-refractivity contribution in [2.75, 3.05) is 19.6 Å². The Morgan fingerprint density at radius 2 is 1.80 bits per heavy atom. The summed E-state index contributed by atoms with van der Waals surface area (Å²) in [6.45, 7) is 3.59. The van der Waals surface area contributed by atoms with Crippen molar-refractivity contribution in [2.24, 2.45) is 0 Å². The first-order valence-electron chi connectivity index (χ1n) is 8.02. The van der Waals surface area contributed by atoms with Crippen LogP contribution in [0.15, 0.2) is 0 Å². The van der Waals surface area contributed by atoms with Gasteiger partial charge < -0.3 is 10.6 Å². The van der Waals surface area contributed by atoms with E-state index in [4.69, 9.17) is 0 Å². The fraction of sp³-hybridized carbons (Fsp3) is 0.867. The van der Waals surface area contributed by atoms with E-state index in [0.717, 1.165) is 13.0 Å². The molecule has 0 aliphatic carbocycles. The third-order valence-corrected chi connectivity index (χ3v) is 3.66. The molecule has 0 aromatic rings. The molecule has 0 spiro atoms. The Bertz CT molecular complexity index is 285. The molecular formula is C15H29N3O2. The molecule has 5 heteroatoms. The molecule has 1 saturated heterocycles. The Morgan fingerprint density at radius 1 is 1.15 bits per heavy atom. The Kier molecular flexibility index (Phi) is 9.04. The van der Waals surface area contributed by atoms with Gasteiger partial charge in [-0.15, -0.1) is 0 Å². The van der Waals surface area contributed by atoms with Crippen LogP contribution in [0.4, 0.5) is 0 Å². The molecule has 1 heterocycles. The van der Waals surface area contributed by atoms with Gasteiger partial charge in [-0.1, -0.05) is 51.9 Å². The zero-order chi connectivity index (χ0) is 14.6. The summed E-state index contributed by atoms with van der Waals surface area (Å²) in [5.74, 6) is -0.0509. The minimum Gasteiger partial charge on any atom is -0.355 e. The van der Waals surface area contributed by atoms with Gasteiger partial charge in [0.2, 0.25) is 11.8 Å². The summed E-state index contributed by atoms with van der Waals surface area (Å²) in [6, 6.07) is -0.276. The number of nitrogens with one attached hydrogen (secondary N) is 3. The summed E-state index contributed by atoms with van der Waals surface area (Å²) in [5, 5.41) is 8.54. The van der Waals surface area contributed by atoms with Gasteiger partial charge in [0.15, 0.2) is 0 Å². The second kappa shape index (κ2) is 10.7. The highest BCUT2D eigenvalue weighted by molar-refractivity contribution is 5.86. The summed E-state index contributed by atoms with van der Waals surface area (Å²) in [5.41, 5.74) is 0. The normalized spacial score (nSPS) is 18.6. The Hall–Kier alpha value is -1.10. The van der Waals surface area contributed by atoms with Crippen molar-refractivity contribution < 1.29 is 9.59 Å². The van der Waals surface area contributed by atoms with Gasteiger partial charge in [0.1, 0.15) is 6.04 Å². The van der Waals surface area contributed by atoms with E-state index in [9.17, 15) is 9.59 Å². The first-order valence-corrected chi connectivity index (χ1v) is 8.02. The fourth-order valence-corrected chi connectivity index (χ4v) is 2.35. The van der Waals surface area contributed by atoms with E-state index in [1.807, 2.05) is 0 Å². The van der Waals surface area contributed by atoms with Gasteiger partial charge in [0.05, 0.1) is 6.54 Å². The van der Waals surface area contributed by atoms with E-state index in [1.165, 1.54) is 44.9 Å². The van der Waals surface area contributed by atoms with Crippen molar-refractivity contribution in [3.63, 3.8) is 0 Å². The summed E-state index contributed by atoms with van der Waals surface area (Å²) >= 11 is 0. The Balaban J connectivity index is 1.90. The van der Waals surface area contributed by atoms with Crippen molar-refractivity contribution in [1.82, 2.24) is 16.0 Å². The van der Waals surface area contributed by atoms with Crippen LogP contribution < -0.4 is 16.0 Å². The molecule has 0 aromatic carbocycles. The predicted octanol–water partition coefficient (Wildman–Crippen LogP) is 1.33. The van der Waals surface area contributed by atoms with Crippen LogP contribution in [0.5, 0.6) is 0 Å². The first kappa shape index (κ1) is 17.0. The van der Waals surface area contributed by atoms with Crippen molar-refractivity contribution in [3.05, 3.63) is 0 Å². The standard InChI is InChI=1S/C15H29N3O2/c1-2-3-4-5-6-7-8-9-10-16-15(20)13-11-18-14(19)12-17-13/h13,17H,2-12H2,1H3,(H,16,20)(H,18,19). The monoisotopic (exact) mass is 283 g/mol.